The number of halogens is 1. The fourth-order valence-electron chi connectivity index (χ4n) is 1.88. The number of thioether (sulfide) groups is 1. The molecule has 0 radical (unpaired) electrons. The number of amides is 1. The smallest absolute Gasteiger partial charge is 0.220 e. The highest BCUT2D eigenvalue weighted by Crippen LogP contribution is 2.21. The van der Waals surface area contributed by atoms with Crippen molar-refractivity contribution in [1.82, 2.24) is 5.32 Å². The van der Waals surface area contributed by atoms with Crippen molar-refractivity contribution >= 4 is 29.3 Å². The van der Waals surface area contributed by atoms with Gasteiger partial charge in [0.25, 0.3) is 0 Å². The van der Waals surface area contributed by atoms with Crippen LogP contribution in [0.3, 0.4) is 0 Å². The first-order chi connectivity index (χ1) is 9.65. The molecular weight excluding hydrogens is 290 g/mol. The van der Waals surface area contributed by atoms with Gasteiger partial charge < -0.3 is 5.32 Å². The molecular formula is C16H24ClNOS. The molecule has 4 heteroatoms. The highest BCUT2D eigenvalue weighted by Gasteiger charge is 2.06. The first-order valence-corrected chi connectivity index (χ1v) is 8.67. The van der Waals surface area contributed by atoms with Crippen molar-refractivity contribution in [2.75, 3.05) is 12.3 Å². The van der Waals surface area contributed by atoms with Crippen LogP contribution in [0.15, 0.2) is 29.2 Å². The molecule has 0 unspecified atom stereocenters. The fourth-order valence-corrected chi connectivity index (χ4v) is 2.86. The Balaban J connectivity index is 2.11. The quantitative estimate of drug-likeness (QED) is 0.526. The van der Waals surface area contributed by atoms with Crippen LogP contribution in [-0.2, 0) is 4.79 Å². The zero-order valence-electron chi connectivity index (χ0n) is 12.3. The highest BCUT2D eigenvalue weighted by atomic mass is 35.5. The molecule has 0 saturated carbocycles. The van der Waals surface area contributed by atoms with Crippen molar-refractivity contribution < 1.29 is 4.79 Å². The van der Waals surface area contributed by atoms with Gasteiger partial charge in [-0.05, 0) is 42.4 Å². The maximum Gasteiger partial charge on any atom is 0.220 e. The maximum atomic E-state index is 11.7. The summed E-state index contributed by atoms with van der Waals surface area (Å²) < 4.78 is 0. The van der Waals surface area contributed by atoms with Crippen LogP contribution in [0.4, 0.5) is 0 Å². The molecule has 1 N–H and O–H groups in total. The first-order valence-electron chi connectivity index (χ1n) is 7.30. The molecule has 0 atom stereocenters. The number of nitrogens with one attached hydrogen (secondary N) is 1. The average molecular weight is 314 g/mol. The van der Waals surface area contributed by atoms with E-state index in [9.17, 15) is 4.79 Å². The number of hydrogen-bond donors (Lipinski definition) is 1. The maximum absolute atomic E-state index is 11.7. The standard InChI is InChI=1S/C16H24ClNOS/c1-3-13(4-2)12-18-16(19)6-5-11-20-15-9-7-14(17)8-10-15/h7-10,13H,3-6,11-12H2,1-2H3,(H,18,19). The Kier molecular flexibility index (Phi) is 8.79. The minimum Gasteiger partial charge on any atom is -0.356 e. The average Bonchev–Trinajstić information content (AvgIpc) is 2.46. The molecule has 112 valence electrons. The van der Waals surface area contributed by atoms with Crippen LogP contribution >= 0.6 is 23.4 Å². The second-order valence-electron chi connectivity index (χ2n) is 4.89. The molecule has 0 saturated heterocycles. The van der Waals surface area contributed by atoms with Gasteiger partial charge in [-0.15, -0.1) is 11.8 Å². The largest absolute Gasteiger partial charge is 0.356 e. The zero-order chi connectivity index (χ0) is 14.8. The van der Waals surface area contributed by atoms with E-state index in [1.165, 1.54) is 4.90 Å². The molecule has 20 heavy (non-hydrogen) atoms. The van der Waals surface area contributed by atoms with Crippen molar-refractivity contribution in [3.63, 3.8) is 0 Å². The lowest BCUT2D eigenvalue weighted by molar-refractivity contribution is -0.121. The number of carbonyl (C=O) groups is 1. The zero-order valence-corrected chi connectivity index (χ0v) is 13.9. The van der Waals surface area contributed by atoms with Gasteiger partial charge in [-0.1, -0.05) is 38.3 Å². The summed E-state index contributed by atoms with van der Waals surface area (Å²) in [7, 11) is 0. The molecule has 0 spiro atoms. The monoisotopic (exact) mass is 313 g/mol. The lowest BCUT2D eigenvalue weighted by Gasteiger charge is -2.13. The van der Waals surface area contributed by atoms with Crippen molar-refractivity contribution in [1.29, 1.82) is 0 Å². The summed E-state index contributed by atoms with van der Waals surface area (Å²) in [5, 5.41) is 3.78. The number of benzene rings is 1. The second kappa shape index (κ2) is 10.1. The van der Waals surface area contributed by atoms with E-state index in [-0.39, 0.29) is 5.91 Å². The van der Waals surface area contributed by atoms with Gasteiger partial charge in [-0.3, -0.25) is 4.79 Å². The third-order valence-corrected chi connectivity index (χ3v) is 4.72. The summed E-state index contributed by atoms with van der Waals surface area (Å²) in [5.41, 5.74) is 0. The summed E-state index contributed by atoms with van der Waals surface area (Å²) in [5.74, 6) is 1.75. The number of hydrogen-bond acceptors (Lipinski definition) is 2. The van der Waals surface area contributed by atoms with Crippen LogP contribution in [0.25, 0.3) is 0 Å². The van der Waals surface area contributed by atoms with E-state index >= 15 is 0 Å². The summed E-state index contributed by atoms with van der Waals surface area (Å²) >= 11 is 7.60. The Hall–Kier alpha value is -0.670. The Morgan fingerprint density at radius 3 is 2.50 bits per heavy atom. The summed E-state index contributed by atoms with van der Waals surface area (Å²) in [4.78, 5) is 12.9. The summed E-state index contributed by atoms with van der Waals surface area (Å²) in [6.07, 6.45) is 3.77. The Morgan fingerprint density at radius 2 is 1.90 bits per heavy atom. The van der Waals surface area contributed by atoms with Crippen LogP contribution in [-0.4, -0.2) is 18.2 Å². The molecule has 0 bridgehead atoms. The second-order valence-corrected chi connectivity index (χ2v) is 6.50. The molecule has 0 aliphatic carbocycles. The van der Waals surface area contributed by atoms with Gasteiger partial charge in [0.05, 0.1) is 0 Å². The van der Waals surface area contributed by atoms with Gasteiger partial charge in [-0.25, -0.2) is 0 Å². The SMILES string of the molecule is CCC(CC)CNC(=O)CCCSc1ccc(Cl)cc1. The van der Waals surface area contributed by atoms with Gasteiger partial charge in [0, 0.05) is 22.9 Å². The van der Waals surface area contributed by atoms with Gasteiger partial charge >= 0.3 is 0 Å². The van der Waals surface area contributed by atoms with Crippen molar-refractivity contribution in [3.8, 4) is 0 Å². The van der Waals surface area contributed by atoms with Crippen LogP contribution < -0.4 is 5.32 Å². The Morgan fingerprint density at radius 1 is 1.25 bits per heavy atom. The minimum atomic E-state index is 0.175. The van der Waals surface area contributed by atoms with E-state index in [4.69, 9.17) is 11.6 Å². The molecule has 1 aromatic rings. The first kappa shape index (κ1) is 17.4. The van der Waals surface area contributed by atoms with E-state index in [0.717, 1.165) is 36.6 Å². The normalized spacial score (nSPS) is 10.8. The third kappa shape index (κ3) is 7.20. The van der Waals surface area contributed by atoms with Crippen LogP contribution in [0.1, 0.15) is 39.5 Å². The lowest BCUT2D eigenvalue weighted by atomic mass is 10.0. The van der Waals surface area contributed by atoms with Gasteiger partial charge in [0.2, 0.25) is 5.91 Å². The molecule has 1 rings (SSSR count). The predicted molar refractivity (Wildman–Crippen MR) is 88.5 cm³/mol. The molecule has 0 heterocycles. The van der Waals surface area contributed by atoms with Crippen molar-refractivity contribution in [2.45, 2.75) is 44.4 Å². The summed E-state index contributed by atoms with van der Waals surface area (Å²) in [6.45, 7) is 5.16. The van der Waals surface area contributed by atoms with E-state index in [2.05, 4.69) is 19.2 Å². The molecule has 0 aromatic heterocycles. The number of carbonyl (C=O) groups excluding carboxylic acids is 1. The van der Waals surface area contributed by atoms with E-state index in [1.54, 1.807) is 11.8 Å². The van der Waals surface area contributed by atoms with Crippen LogP contribution in [0.2, 0.25) is 5.02 Å². The molecule has 0 aliphatic rings. The topological polar surface area (TPSA) is 29.1 Å². The van der Waals surface area contributed by atoms with E-state index in [1.807, 2.05) is 24.3 Å². The highest BCUT2D eigenvalue weighted by molar-refractivity contribution is 7.99. The van der Waals surface area contributed by atoms with Crippen LogP contribution in [0, 0.1) is 5.92 Å². The molecule has 1 aromatic carbocycles. The Bertz CT molecular complexity index is 390. The fraction of sp³-hybridized carbons (Fsp3) is 0.562. The van der Waals surface area contributed by atoms with E-state index in [0.29, 0.717) is 12.3 Å². The summed E-state index contributed by atoms with van der Waals surface area (Å²) in [6, 6.07) is 7.82. The van der Waals surface area contributed by atoms with Gasteiger partial charge in [0.1, 0.15) is 0 Å². The van der Waals surface area contributed by atoms with Crippen molar-refractivity contribution in [2.24, 2.45) is 5.92 Å². The molecule has 2 nitrogen and oxygen atoms in total. The van der Waals surface area contributed by atoms with Gasteiger partial charge in [0.15, 0.2) is 0 Å². The minimum absolute atomic E-state index is 0.175. The Labute approximate surface area is 131 Å². The van der Waals surface area contributed by atoms with Gasteiger partial charge in [-0.2, -0.15) is 0 Å². The van der Waals surface area contributed by atoms with E-state index < -0.39 is 0 Å². The van der Waals surface area contributed by atoms with Crippen LogP contribution in [0.5, 0.6) is 0 Å². The molecule has 0 aliphatic heterocycles. The molecule has 1 amide bonds. The van der Waals surface area contributed by atoms with Crippen molar-refractivity contribution in [3.05, 3.63) is 29.3 Å². The predicted octanol–water partition coefficient (Wildman–Crippen LogP) is 4.76. The molecule has 0 fully saturated rings. The third-order valence-electron chi connectivity index (χ3n) is 3.37. The lowest BCUT2D eigenvalue weighted by Crippen LogP contribution is -2.28. The number of rotatable bonds is 9.